The molecule has 2 N–H and O–H groups in total. The van der Waals surface area contributed by atoms with Crippen molar-refractivity contribution in [1.29, 1.82) is 0 Å². The van der Waals surface area contributed by atoms with Crippen molar-refractivity contribution >= 4 is 5.82 Å². The van der Waals surface area contributed by atoms with Crippen molar-refractivity contribution in [1.82, 2.24) is 10.3 Å². The van der Waals surface area contributed by atoms with Crippen LogP contribution in [0.1, 0.15) is 43.4 Å². The van der Waals surface area contributed by atoms with E-state index in [0.717, 1.165) is 50.3 Å². The van der Waals surface area contributed by atoms with E-state index >= 15 is 0 Å². The standard InChI is InChI=1S/C17H25F2N3/c18-17(19,14-8-11-20-12-14)9-2-1-5-15-7-6-13-4-3-10-21-16(13)22-15/h6-7,14,20H,1-5,8-12H2,(H,21,22)/t14-/m1/s1. The van der Waals surface area contributed by atoms with Crippen molar-refractivity contribution in [3.05, 3.63) is 23.4 Å². The minimum Gasteiger partial charge on any atom is -0.370 e. The Labute approximate surface area is 130 Å². The predicted octanol–water partition coefficient (Wildman–Crippen LogP) is 3.40. The Bertz CT molecular complexity index is 499. The predicted molar refractivity (Wildman–Crippen MR) is 84.5 cm³/mol. The van der Waals surface area contributed by atoms with Gasteiger partial charge in [-0.15, -0.1) is 0 Å². The summed E-state index contributed by atoms with van der Waals surface area (Å²) in [5.41, 5.74) is 2.29. The average Bonchev–Trinajstić information content (AvgIpc) is 3.07. The van der Waals surface area contributed by atoms with Crippen LogP contribution in [-0.4, -0.2) is 30.5 Å². The fourth-order valence-electron chi connectivity index (χ4n) is 3.39. The van der Waals surface area contributed by atoms with Crippen LogP contribution in [0, 0.1) is 5.92 Å². The molecule has 0 saturated carbocycles. The second-order valence-corrected chi connectivity index (χ2v) is 6.50. The molecule has 122 valence electrons. The number of hydrogen-bond donors (Lipinski definition) is 2. The zero-order chi connectivity index (χ0) is 15.4. The second kappa shape index (κ2) is 6.90. The smallest absolute Gasteiger partial charge is 0.252 e. The van der Waals surface area contributed by atoms with Crippen LogP contribution in [0.25, 0.3) is 0 Å². The van der Waals surface area contributed by atoms with Gasteiger partial charge in [0.25, 0.3) is 5.92 Å². The molecule has 2 aliphatic rings. The molecule has 1 saturated heterocycles. The molecule has 1 aromatic heterocycles. The fourth-order valence-corrected chi connectivity index (χ4v) is 3.39. The molecular formula is C17H25F2N3. The summed E-state index contributed by atoms with van der Waals surface area (Å²) in [6, 6.07) is 4.17. The zero-order valence-electron chi connectivity index (χ0n) is 13.0. The second-order valence-electron chi connectivity index (χ2n) is 6.50. The number of anilines is 1. The van der Waals surface area contributed by atoms with E-state index < -0.39 is 11.8 Å². The maximum Gasteiger partial charge on any atom is 0.252 e. The quantitative estimate of drug-likeness (QED) is 0.791. The van der Waals surface area contributed by atoms with Crippen LogP contribution in [0.5, 0.6) is 0 Å². The van der Waals surface area contributed by atoms with Gasteiger partial charge >= 0.3 is 0 Å². The Morgan fingerprint density at radius 2 is 2.14 bits per heavy atom. The molecule has 0 unspecified atom stereocenters. The van der Waals surface area contributed by atoms with E-state index in [9.17, 15) is 8.78 Å². The van der Waals surface area contributed by atoms with E-state index in [-0.39, 0.29) is 6.42 Å². The molecular weight excluding hydrogens is 284 g/mol. The van der Waals surface area contributed by atoms with E-state index in [1.807, 2.05) is 6.07 Å². The van der Waals surface area contributed by atoms with Gasteiger partial charge in [-0.25, -0.2) is 13.8 Å². The van der Waals surface area contributed by atoms with Gasteiger partial charge in [0, 0.05) is 31.1 Å². The van der Waals surface area contributed by atoms with Gasteiger partial charge < -0.3 is 10.6 Å². The highest BCUT2D eigenvalue weighted by Gasteiger charge is 2.39. The maximum atomic E-state index is 14.0. The highest BCUT2D eigenvalue weighted by Crippen LogP contribution is 2.34. The minimum atomic E-state index is -2.52. The molecule has 1 atom stereocenters. The molecule has 22 heavy (non-hydrogen) atoms. The number of hydrogen-bond acceptors (Lipinski definition) is 3. The highest BCUT2D eigenvalue weighted by atomic mass is 19.3. The number of halogens is 2. The molecule has 3 rings (SSSR count). The van der Waals surface area contributed by atoms with Gasteiger partial charge in [-0.1, -0.05) is 6.07 Å². The normalized spacial score (nSPS) is 21.5. The molecule has 5 heteroatoms. The van der Waals surface area contributed by atoms with E-state index in [1.165, 1.54) is 5.56 Å². The van der Waals surface area contributed by atoms with Gasteiger partial charge in [-0.3, -0.25) is 0 Å². The van der Waals surface area contributed by atoms with E-state index in [1.54, 1.807) is 0 Å². The Kier molecular flexibility index (Phi) is 4.91. The van der Waals surface area contributed by atoms with Crippen molar-refractivity contribution in [3.63, 3.8) is 0 Å². The summed E-state index contributed by atoms with van der Waals surface area (Å²) >= 11 is 0. The first-order valence-electron chi connectivity index (χ1n) is 8.46. The lowest BCUT2D eigenvalue weighted by molar-refractivity contribution is -0.0597. The number of rotatable bonds is 6. The lowest BCUT2D eigenvalue weighted by atomic mass is 9.95. The van der Waals surface area contributed by atoms with Crippen LogP contribution < -0.4 is 10.6 Å². The van der Waals surface area contributed by atoms with Gasteiger partial charge in [0.2, 0.25) is 0 Å². The fraction of sp³-hybridized carbons (Fsp3) is 0.706. The summed E-state index contributed by atoms with van der Waals surface area (Å²) in [6.45, 7) is 2.17. The van der Waals surface area contributed by atoms with E-state index in [0.29, 0.717) is 19.4 Å². The number of aromatic nitrogens is 1. The van der Waals surface area contributed by atoms with E-state index in [2.05, 4.69) is 21.7 Å². The SMILES string of the molecule is FC(F)(CCCCc1ccc2c(n1)NCCC2)[C@@H]1CCNC1. The first kappa shape index (κ1) is 15.7. The number of pyridine rings is 1. The van der Waals surface area contributed by atoms with Crippen LogP contribution >= 0.6 is 0 Å². The van der Waals surface area contributed by atoms with Crippen LogP contribution in [0.2, 0.25) is 0 Å². The molecule has 0 amide bonds. The van der Waals surface area contributed by atoms with Crippen LogP contribution in [0.4, 0.5) is 14.6 Å². The molecule has 0 bridgehead atoms. The van der Waals surface area contributed by atoms with Crippen molar-refractivity contribution in [2.24, 2.45) is 5.92 Å². The molecule has 0 spiro atoms. The molecule has 2 aliphatic heterocycles. The molecule has 1 fully saturated rings. The van der Waals surface area contributed by atoms with Crippen LogP contribution in [-0.2, 0) is 12.8 Å². The number of nitrogens with zero attached hydrogens (tertiary/aromatic N) is 1. The molecule has 0 aromatic carbocycles. The van der Waals surface area contributed by atoms with Gasteiger partial charge in [-0.2, -0.15) is 0 Å². The maximum absolute atomic E-state index is 14.0. The van der Waals surface area contributed by atoms with Crippen molar-refractivity contribution in [2.45, 2.75) is 50.9 Å². The third-order valence-corrected chi connectivity index (χ3v) is 4.80. The first-order chi connectivity index (χ1) is 10.6. The summed E-state index contributed by atoms with van der Waals surface area (Å²) in [5, 5.41) is 6.34. The van der Waals surface area contributed by atoms with Crippen LogP contribution in [0.15, 0.2) is 12.1 Å². The Morgan fingerprint density at radius 1 is 1.23 bits per heavy atom. The zero-order valence-corrected chi connectivity index (χ0v) is 13.0. The monoisotopic (exact) mass is 309 g/mol. The number of fused-ring (bicyclic) bond motifs is 1. The largest absolute Gasteiger partial charge is 0.370 e. The number of unbranched alkanes of at least 4 members (excludes halogenated alkanes) is 1. The van der Waals surface area contributed by atoms with Crippen LogP contribution in [0.3, 0.4) is 0 Å². The summed E-state index contributed by atoms with van der Waals surface area (Å²) in [5.74, 6) is -2.00. The van der Waals surface area contributed by atoms with Crippen molar-refractivity contribution < 1.29 is 8.78 Å². The molecule has 0 radical (unpaired) electrons. The number of aryl methyl sites for hydroxylation is 2. The summed E-state index contributed by atoms with van der Waals surface area (Å²) in [7, 11) is 0. The first-order valence-corrected chi connectivity index (χ1v) is 8.46. The number of alkyl halides is 2. The van der Waals surface area contributed by atoms with Crippen molar-refractivity contribution in [3.8, 4) is 0 Å². The van der Waals surface area contributed by atoms with Gasteiger partial charge in [0.1, 0.15) is 5.82 Å². The molecule has 0 aliphatic carbocycles. The summed E-state index contributed by atoms with van der Waals surface area (Å²) in [6.07, 6.45) is 4.97. The third-order valence-electron chi connectivity index (χ3n) is 4.80. The van der Waals surface area contributed by atoms with Gasteiger partial charge in [0.05, 0.1) is 0 Å². The average molecular weight is 309 g/mol. The summed E-state index contributed by atoms with van der Waals surface area (Å²) < 4.78 is 28.0. The number of nitrogens with one attached hydrogen (secondary N) is 2. The Morgan fingerprint density at radius 3 is 2.95 bits per heavy atom. The lowest BCUT2D eigenvalue weighted by Crippen LogP contribution is -2.29. The molecule has 3 heterocycles. The highest BCUT2D eigenvalue weighted by molar-refractivity contribution is 5.46. The molecule has 1 aromatic rings. The Hall–Kier alpha value is -1.23. The molecule has 3 nitrogen and oxygen atoms in total. The van der Waals surface area contributed by atoms with Crippen molar-refractivity contribution in [2.75, 3.05) is 25.0 Å². The topological polar surface area (TPSA) is 37.0 Å². The van der Waals surface area contributed by atoms with E-state index in [4.69, 9.17) is 0 Å². The van der Waals surface area contributed by atoms with Gasteiger partial charge in [-0.05, 0) is 56.7 Å². The Balaban J connectivity index is 1.45. The van der Waals surface area contributed by atoms with Gasteiger partial charge in [0.15, 0.2) is 0 Å². The minimum absolute atomic E-state index is 0.00252. The summed E-state index contributed by atoms with van der Waals surface area (Å²) in [4.78, 5) is 4.62. The lowest BCUT2D eigenvalue weighted by Gasteiger charge is -2.22. The third kappa shape index (κ3) is 3.75.